The van der Waals surface area contributed by atoms with Crippen molar-refractivity contribution < 1.29 is 4.79 Å². The molecule has 0 atom stereocenters. The van der Waals surface area contributed by atoms with E-state index >= 15 is 0 Å². The number of anilines is 3. The second kappa shape index (κ2) is 7.25. The number of nitrogen functional groups attached to an aromatic ring is 1. The Morgan fingerprint density at radius 3 is 2.38 bits per heavy atom. The summed E-state index contributed by atoms with van der Waals surface area (Å²) < 4.78 is 0. The van der Waals surface area contributed by atoms with E-state index in [0.717, 1.165) is 31.9 Å². The molecule has 126 valence electrons. The van der Waals surface area contributed by atoms with Crippen molar-refractivity contribution in [3.63, 3.8) is 0 Å². The third-order valence-electron chi connectivity index (χ3n) is 4.34. The molecule has 3 N–H and O–H groups in total. The lowest BCUT2D eigenvalue weighted by atomic mass is 10.1. The Bertz CT molecular complexity index is 694. The average Bonchev–Trinajstić information content (AvgIpc) is 2.63. The van der Waals surface area contributed by atoms with Gasteiger partial charge in [-0.05, 0) is 37.3 Å². The molecule has 2 aromatic carbocycles. The minimum atomic E-state index is -0.0645. The Labute approximate surface area is 143 Å². The van der Waals surface area contributed by atoms with Crippen LogP contribution in [0.25, 0.3) is 0 Å². The van der Waals surface area contributed by atoms with Gasteiger partial charge in [-0.25, -0.2) is 0 Å². The molecule has 5 nitrogen and oxygen atoms in total. The zero-order valence-corrected chi connectivity index (χ0v) is 14.0. The highest BCUT2D eigenvalue weighted by atomic mass is 16.1. The van der Waals surface area contributed by atoms with Crippen molar-refractivity contribution in [2.45, 2.75) is 6.92 Å². The highest BCUT2D eigenvalue weighted by molar-refractivity contribution is 6.00. The zero-order chi connectivity index (χ0) is 16.9. The molecule has 0 unspecified atom stereocenters. The first-order chi connectivity index (χ1) is 11.7. The molecule has 24 heavy (non-hydrogen) atoms. The minimum absolute atomic E-state index is 0.0645. The van der Waals surface area contributed by atoms with E-state index in [0.29, 0.717) is 17.8 Å². The molecule has 5 heteroatoms. The molecule has 1 amide bonds. The van der Waals surface area contributed by atoms with Gasteiger partial charge in [-0.15, -0.1) is 0 Å². The van der Waals surface area contributed by atoms with Crippen LogP contribution in [0.15, 0.2) is 48.5 Å². The van der Waals surface area contributed by atoms with Crippen molar-refractivity contribution in [1.82, 2.24) is 5.32 Å². The maximum atomic E-state index is 12.3. The van der Waals surface area contributed by atoms with Gasteiger partial charge in [0.1, 0.15) is 0 Å². The number of nitrogens with zero attached hydrogens (tertiary/aromatic N) is 2. The van der Waals surface area contributed by atoms with E-state index in [9.17, 15) is 4.79 Å². The van der Waals surface area contributed by atoms with E-state index in [2.05, 4.69) is 39.4 Å². The molecular formula is C19H24N4O. The Morgan fingerprint density at radius 1 is 1.04 bits per heavy atom. The van der Waals surface area contributed by atoms with Gasteiger partial charge in [0.25, 0.3) is 5.91 Å². The number of benzene rings is 2. The summed E-state index contributed by atoms with van der Waals surface area (Å²) in [5.41, 5.74) is 9.36. The number of hydrogen-bond acceptors (Lipinski definition) is 4. The highest BCUT2D eigenvalue weighted by Crippen LogP contribution is 2.25. The van der Waals surface area contributed by atoms with Crippen molar-refractivity contribution in [2.75, 3.05) is 48.3 Å². The van der Waals surface area contributed by atoms with Crippen molar-refractivity contribution in [2.24, 2.45) is 0 Å². The molecule has 0 aliphatic carbocycles. The number of carbonyl (C=O) groups excluding carboxylic acids is 1. The number of amides is 1. The minimum Gasteiger partial charge on any atom is -0.399 e. The van der Waals surface area contributed by atoms with E-state index in [1.165, 1.54) is 5.69 Å². The summed E-state index contributed by atoms with van der Waals surface area (Å²) in [6, 6.07) is 16.0. The van der Waals surface area contributed by atoms with Crippen LogP contribution in [-0.2, 0) is 0 Å². The molecule has 3 rings (SSSR count). The van der Waals surface area contributed by atoms with Gasteiger partial charge in [0, 0.05) is 49.8 Å². The monoisotopic (exact) mass is 324 g/mol. The SMILES string of the molecule is CCNC(=O)c1cc(N)ccc1N1CCN(c2ccccc2)CC1. The summed E-state index contributed by atoms with van der Waals surface area (Å²) in [6.07, 6.45) is 0. The molecule has 1 saturated heterocycles. The normalized spacial score (nSPS) is 14.5. The Kier molecular flexibility index (Phi) is 4.89. The topological polar surface area (TPSA) is 61.6 Å². The predicted octanol–water partition coefficient (Wildman–Crippen LogP) is 2.35. The third-order valence-corrected chi connectivity index (χ3v) is 4.34. The molecule has 0 saturated carbocycles. The van der Waals surface area contributed by atoms with Crippen LogP contribution in [0.2, 0.25) is 0 Å². The lowest BCUT2D eigenvalue weighted by Crippen LogP contribution is -2.47. The van der Waals surface area contributed by atoms with E-state index in [1.807, 2.05) is 25.1 Å². The molecule has 0 spiro atoms. The van der Waals surface area contributed by atoms with Crippen molar-refractivity contribution in [1.29, 1.82) is 0 Å². The van der Waals surface area contributed by atoms with Gasteiger partial charge in [-0.3, -0.25) is 4.79 Å². The van der Waals surface area contributed by atoms with Crippen LogP contribution >= 0.6 is 0 Å². The lowest BCUT2D eigenvalue weighted by Gasteiger charge is -2.38. The number of hydrogen-bond donors (Lipinski definition) is 2. The number of piperazine rings is 1. The third kappa shape index (κ3) is 3.45. The van der Waals surface area contributed by atoms with Crippen LogP contribution in [0.3, 0.4) is 0 Å². The van der Waals surface area contributed by atoms with E-state index < -0.39 is 0 Å². The second-order valence-electron chi connectivity index (χ2n) is 5.95. The van der Waals surface area contributed by atoms with Gasteiger partial charge in [0.05, 0.1) is 5.56 Å². The molecule has 1 heterocycles. The molecule has 0 aromatic heterocycles. The summed E-state index contributed by atoms with van der Waals surface area (Å²) in [5.74, 6) is -0.0645. The number of para-hydroxylation sites is 1. The maximum Gasteiger partial charge on any atom is 0.253 e. The van der Waals surface area contributed by atoms with Crippen LogP contribution in [0.5, 0.6) is 0 Å². The number of nitrogens with two attached hydrogens (primary N) is 1. The summed E-state index contributed by atoms with van der Waals surface area (Å²) in [5, 5.41) is 2.87. The standard InChI is InChI=1S/C19H24N4O/c1-2-21-19(24)17-14-15(20)8-9-18(17)23-12-10-22(11-13-23)16-6-4-3-5-7-16/h3-9,14H,2,10-13,20H2,1H3,(H,21,24). The van der Waals surface area contributed by atoms with E-state index in [1.54, 1.807) is 6.07 Å². The summed E-state index contributed by atoms with van der Waals surface area (Å²) in [7, 11) is 0. The summed E-state index contributed by atoms with van der Waals surface area (Å²) >= 11 is 0. The van der Waals surface area contributed by atoms with Crippen LogP contribution in [0, 0.1) is 0 Å². The lowest BCUT2D eigenvalue weighted by molar-refractivity contribution is 0.0956. The molecular weight excluding hydrogens is 300 g/mol. The first kappa shape index (κ1) is 16.2. The number of nitrogens with one attached hydrogen (secondary N) is 1. The van der Waals surface area contributed by atoms with Crippen molar-refractivity contribution in [3.8, 4) is 0 Å². The first-order valence-corrected chi connectivity index (χ1v) is 8.41. The molecule has 1 aliphatic rings. The Hall–Kier alpha value is -2.69. The Balaban J connectivity index is 1.75. The number of carbonyl (C=O) groups is 1. The molecule has 0 bridgehead atoms. The summed E-state index contributed by atoms with van der Waals surface area (Å²) in [6.45, 7) is 6.15. The number of rotatable bonds is 4. The fraction of sp³-hybridized carbons (Fsp3) is 0.316. The quantitative estimate of drug-likeness (QED) is 0.848. The average molecular weight is 324 g/mol. The van der Waals surface area contributed by atoms with E-state index in [4.69, 9.17) is 5.73 Å². The molecule has 1 fully saturated rings. The first-order valence-electron chi connectivity index (χ1n) is 8.41. The summed E-state index contributed by atoms with van der Waals surface area (Å²) in [4.78, 5) is 17.0. The van der Waals surface area contributed by atoms with Crippen molar-refractivity contribution in [3.05, 3.63) is 54.1 Å². The van der Waals surface area contributed by atoms with Crippen LogP contribution in [-0.4, -0.2) is 38.6 Å². The molecule has 2 aromatic rings. The van der Waals surface area contributed by atoms with Gasteiger partial charge in [-0.1, -0.05) is 18.2 Å². The largest absolute Gasteiger partial charge is 0.399 e. The van der Waals surface area contributed by atoms with Crippen LogP contribution in [0.4, 0.5) is 17.1 Å². The van der Waals surface area contributed by atoms with Gasteiger partial charge in [0.2, 0.25) is 0 Å². The van der Waals surface area contributed by atoms with Gasteiger partial charge < -0.3 is 20.9 Å². The van der Waals surface area contributed by atoms with Crippen molar-refractivity contribution >= 4 is 23.0 Å². The van der Waals surface area contributed by atoms with Crippen LogP contribution < -0.4 is 20.9 Å². The Morgan fingerprint density at radius 2 is 1.71 bits per heavy atom. The second-order valence-corrected chi connectivity index (χ2v) is 5.95. The van der Waals surface area contributed by atoms with Gasteiger partial charge in [0.15, 0.2) is 0 Å². The fourth-order valence-corrected chi connectivity index (χ4v) is 3.11. The fourth-order valence-electron chi connectivity index (χ4n) is 3.11. The molecule has 0 radical (unpaired) electrons. The molecule has 1 aliphatic heterocycles. The predicted molar refractivity (Wildman–Crippen MR) is 99.7 cm³/mol. The van der Waals surface area contributed by atoms with Gasteiger partial charge in [-0.2, -0.15) is 0 Å². The highest BCUT2D eigenvalue weighted by Gasteiger charge is 2.21. The van der Waals surface area contributed by atoms with Gasteiger partial charge >= 0.3 is 0 Å². The van der Waals surface area contributed by atoms with E-state index in [-0.39, 0.29) is 5.91 Å². The smallest absolute Gasteiger partial charge is 0.253 e. The maximum absolute atomic E-state index is 12.3. The van der Waals surface area contributed by atoms with Crippen LogP contribution in [0.1, 0.15) is 17.3 Å². The zero-order valence-electron chi connectivity index (χ0n) is 14.0.